The van der Waals surface area contributed by atoms with Crippen LogP contribution in [0, 0.1) is 5.82 Å². The molecule has 4 heteroatoms. The molecule has 0 aliphatic rings. The molecular formula is C13H10BrFO2. The second-order valence-electron chi connectivity index (χ2n) is 3.42. The van der Waals surface area contributed by atoms with E-state index in [4.69, 9.17) is 9.84 Å². The Morgan fingerprint density at radius 3 is 2.59 bits per heavy atom. The van der Waals surface area contributed by atoms with Crippen LogP contribution in [-0.2, 0) is 6.61 Å². The van der Waals surface area contributed by atoms with Gasteiger partial charge in [0.15, 0.2) is 11.6 Å². The number of rotatable bonds is 3. The molecule has 2 aromatic carbocycles. The Balaban J connectivity index is 2.39. The summed E-state index contributed by atoms with van der Waals surface area (Å²) in [5.74, 6) is 0.0708. The highest BCUT2D eigenvalue weighted by Gasteiger charge is 2.11. The molecule has 0 radical (unpaired) electrons. The summed E-state index contributed by atoms with van der Waals surface area (Å²) in [6, 6.07) is 11.6. The van der Waals surface area contributed by atoms with Gasteiger partial charge in [-0.25, -0.2) is 4.39 Å². The number of hydrogen-bond donors (Lipinski definition) is 1. The normalized spacial score (nSPS) is 10.3. The molecule has 88 valence electrons. The van der Waals surface area contributed by atoms with E-state index in [1.165, 1.54) is 12.1 Å². The smallest absolute Gasteiger partial charge is 0.168 e. The van der Waals surface area contributed by atoms with Crippen molar-refractivity contribution in [2.75, 3.05) is 0 Å². The van der Waals surface area contributed by atoms with Crippen molar-refractivity contribution in [2.24, 2.45) is 0 Å². The highest BCUT2D eigenvalue weighted by atomic mass is 79.9. The summed E-state index contributed by atoms with van der Waals surface area (Å²) in [4.78, 5) is 0. The Kier molecular flexibility index (Phi) is 3.76. The minimum Gasteiger partial charge on any atom is -0.453 e. The number of halogens is 2. The maximum absolute atomic E-state index is 13.6. The minimum atomic E-state index is -0.493. The number of para-hydroxylation sites is 2. The van der Waals surface area contributed by atoms with Crippen LogP contribution in [0.25, 0.3) is 0 Å². The molecule has 0 aliphatic carbocycles. The fourth-order valence-electron chi connectivity index (χ4n) is 1.43. The summed E-state index contributed by atoms with van der Waals surface area (Å²) in [7, 11) is 0. The minimum absolute atomic E-state index is 0.0573. The zero-order chi connectivity index (χ0) is 12.3. The first-order valence-electron chi connectivity index (χ1n) is 5.03. The van der Waals surface area contributed by atoms with Crippen molar-refractivity contribution in [3.63, 3.8) is 0 Å². The van der Waals surface area contributed by atoms with E-state index < -0.39 is 5.82 Å². The van der Waals surface area contributed by atoms with Crippen molar-refractivity contribution in [3.05, 3.63) is 58.3 Å². The van der Waals surface area contributed by atoms with Gasteiger partial charge in [0, 0.05) is 5.56 Å². The summed E-state index contributed by atoms with van der Waals surface area (Å²) >= 11 is 3.31. The van der Waals surface area contributed by atoms with Crippen LogP contribution in [0.3, 0.4) is 0 Å². The molecule has 0 saturated heterocycles. The molecule has 0 bridgehead atoms. The van der Waals surface area contributed by atoms with Crippen LogP contribution in [-0.4, -0.2) is 5.11 Å². The third-order valence-corrected chi connectivity index (χ3v) is 2.92. The van der Waals surface area contributed by atoms with Crippen molar-refractivity contribution < 1.29 is 14.2 Å². The molecule has 0 heterocycles. The Labute approximate surface area is 107 Å². The standard InChI is InChI=1S/C13H10BrFO2/c14-10-5-1-2-7-12(10)17-13-9(8-16)4-3-6-11(13)15/h1-7,16H,8H2. The lowest BCUT2D eigenvalue weighted by molar-refractivity contribution is 0.274. The maximum Gasteiger partial charge on any atom is 0.168 e. The maximum atomic E-state index is 13.6. The Hall–Kier alpha value is -1.39. The predicted octanol–water partition coefficient (Wildman–Crippen LogP) is 3.87. The molecule has 0 unspecified atom stereocenters. The topological polar surface area (TPSA) is 29.5 Å². The molecule has 2 nitrogen and oxygen atoms in total. The molecule has 0 aliphatic heterocycles. The fourth-order valence-corrected chi connectivity index (χ4v) is 1.80. The van der Waals surface area contributed by atoms with Gasteiger partial charge in [0.05, 0.1) is 11.1 Å². The number of hydrogen-bond acceptors (Lipinski definition) is 2. The molecule has 0 aromatic heterocycles. The molecule has 0 fully saturated rings. The molecule has 0 spiro atoms. The first-order chi connectivity index (χ1) is 8.22. The van der Waals surface area contributed by atoms with Gasteiger partial charge in [-0.1, -0.05) is 24.3 Å². The lowest BCUT2D eigenvalue weighted by atomic mass is 10.2. The quantitative estimate of drug-likeness (QED) is 0.931. The molecule has 17 heavy (non-hydrogen) atoms. The molecule has 0 saturated carbocycles. The molecule has 0 amide bonds. The highest BCUT2D eigenvalue weighted by Crippen LogP contribution is 2.32. The van der Waals surface area contributed by atoms with Gasteiger partial charge in [-0.2, -0.15) is 0 Å². The third-order valence-electron chi connectivity index (χ3n) is 2.27. The van der Waals surface area contributed by atoms with Gasteiger partial charge >= 0.3 is 0 Å². The average Bonchev–Trinajstić information content (AvgIpc) is 2.34. The van der Waals surface area contributed by atoms with Crippen molar-refractivity contribution >= 4 is 15.9 Å². The monoisotopic (exact) mass is 296 g/mol. The highest BCUT2D eigenvalue weighted by molar-refractivity contribution is 9.10. The average molecular weight is 297 g/mol. The molecule has 0 atom stereocenters. The van der Waals surface area contributed by atoms with E-state index in [2.05, 4.69) is 15.9 Å². The summed E-state index contributed by atoms with van der Waals surface area (Å²) in [5.41, 5.74) is 0.417. The molecule has 2 aromatic rings. The number of ether oxygens (including phenoxy) is 1. The van der Waals surface area contributed by atoms with Crippen LogP contribution in [0.2, 0.25) is 0 Å². The van der Waals surface area contributed by atoms with Crippen LogP contribution >= 0.6 is 15.9 Å². The summed E-state index contributed by atoms with van der Waals surface area (Å²) < 4.78 is 19.8. The van der Waals surface area contributed by atoms with Gasteiger partial charge in [0.1, 0.15) is 5.75 Å². The Bertz CT molecular complexity index is 529. The van der Waals surface area contributed by atoms with Crippen LogP contribution in [0.5, 0.6) is 11.5 Å². The van der Waals surface area contributed by atoms with Gasteiger partial charge < -0.3 is 9.84 Å². The van der Waals surface area contributed by atoms with E-state index in [1.54, 1.807) is 24.3 Å². The second kappa shape index (κ2) is 5.29. The lowest BCUT2D eigenvalue weighted by Gasteiger charge is -2.11. The van der Waals surface area contributed by atoms with Crippen LogP contribution in [0.4, 0.5) is 4.39 Å². The van der Waals surface area contributed by atoms with E-state index in [0.29, 0.717) is 11.3 Å². The zero-order valence-corrected chi connectivity index (χ0v) is 10.4. The van der Waals surface area contributed by atoms with Crippen LogP contribution in [0.15, 0.2) is 46.9 Å². The van der Waals surface area contributed by atoms with Crippen molar-refractivity contribution in [1.29, 1.82) is 0 Å². The first kappa shape index (κ1) is 12.1. The van der Waals surface area contributed by atoms with Gasteiger partial charge in [-0.15, -0.1) is 0 Å². The first-order valence-corrected chi connectivity index (χ1v) is 5.82. The van der Waals surface area contributed by atoms with Gasteiger partial charge in [0.2, 0.25) is 0 Å². The van der Waals surface area contributed by atoms with Crippen molar-refractivity contribution in [2.45, 2.75) is 6.61 Å². The predicted molar refractivity (Wildman–Crippen MR) is 66.5 cm³/mol. The van der Waals surface area contributed by atoms with Gasteiger partial charge in [-0.05, 0) is 34.1 Å². The Morgan fingerprint density at radius 2 is 1.88 bits per heavy atom. The summed E-state index contributed by atoms with van der Waals surface area (Å²) in [6.07, 6.45) is 0. The lowest BCUT2D eigenvalue weighted by Crippen LogP contribution is -1.95. The second-order valence-corrected chi connectivity index (χ2v) is 4.27. The summed E-state index contributed by atoms with van der Waals surface area (Å²) in [5, 5.41) is 9.13. The van der Waals surface area contributed by atoms with E-state index in [9.17, 15) is 4.39 Å². The molecule has 2 rings (SSSR count). The van der Waals surface area contributed by atoms with E-state index >= 15 is 0 Å². The summed E-state index contributed by atoms with van der Waals surface area (Å²) in [6.45, 7) is -0.266. The van der Waals surface area contributed by atoms with Crippen molar-refractivity contribution in [3.8, 4) is 11.5 Å². The van der Waals surface area contributed by atoms with E-state index in [-0.39, 0.29) is 12.4 Å². The van der Waals surface area contributed by atoms with Crippen LogP contribution < -0.4 is 4.74 Å². The Morgan fingerprint density at radius 1 is 1.12 bits per heavy atom. The van der Waals surface area contributed by atoms with Crippen molar-refractivity contribution in [1.82, 2.24) is 0 Å². The van der Waals surface area contributed by atoms with Gasteiger partial charge in [-0.3, -0.25) is 0 Å². The van der Waals surface area contributed by atoms with Gasteiger partial charge in [0.25, 0.3) is 0 Å². The molecular weight excluding hydrogens is 287 g/mol. The van der Waals surface area contributed by atoms with Crippen LogP contribution in [0.1, 0.15) is 5.56 Å². The number of benzene rings is 2. The largest absolute Gasteiger partial charge is 0.453 e. The SMILES string of the molecule is OCc1cccc(F)c1Oc1ccccc1Br. The molecule has 1 N–H and O–H groups in total. The number of aliphatic hydroxyl groups is 1. The van der Waals surface area contributed by atoms with E-state index in [0.717, 1.165) is 4.47 Å². The van der Waals surface area contributed by atoms with E-state index in [1.807, 2.05) is 6.07 Å². The fraction of sp³-hybridized carbons (Fsp3) is 0.0769. The zero-order valence-electron chi connectivity index (χ0n) is 8.86. The number of aliphatic hydroxyl groups excluding tert-OH is 1. The third kappa shape index (κ3) is 2.65.